The minimum atomic E-state index is -0.638. The number of amides is 2. The molecular weight excluding hydrogens is 548 g/mol. The first-order chi connectivity index (χ1) is 20.6. The van der Waals surface area contributed by atoms with Crippen LogP contribution < -0.4 is 0 Å². The van der Waals surface area contributed by atoms with E-state index >= 15 is 0 Å². The molecule has 43 heavy (non-hydrogen) atoms. The highest BCUT2D eigenvalue weighted by Crippen LogP contribution is 2.44. The molecule has 1 aliphatic heterocycles. The molecule has 0 bridgehead atoms. The molecule has 1 aromatic heterocycles. The maximum Gasteiger partial charge on any atom is 0.410 e. The summed E-state index contributed by atoms with van der Waals surface area (Å²) in [5.41, 5.74) is 4.52. The zero-order chi connectivity index (χ0) is 30.7. The molecule has 0 spiro atoms. The number of rotatable bonds is 6. The van der Waals surface area contributed by atoms with E-state index in [4.69, 9.17) is 18.6 Å². The van der Waals surface area contributed by atoms with Gasteiger partial charge in [0.2, 0.25) is 5.76 Å². The second-order valence-electron chi connectivity index (χ2n) is 12.2. The third-order valence-corrected chi connectivity index (χ3v) is 7.98. The van der Waals surface area contributed by atoms with Crippen molar-refractivity contribution >= 4 is 18.2 Å². The molecule has 1 aliphatic carbocycles. The van der Waals surface area contributed by atoms with Crippen LogP contribution in [0.15, 0.2) is 59.0 Å². The topological polar surface area (TPSA) is 98.5 Å². The summed E-state index contributed by atoms with van der Waals surface area (Å²) in [4.78, 5) is 42.5. The lowest BCUT2D eigenvalue weighted by atomic mass is 9.98. The molecule has 2 amide bonds. The molecule has 0 N–H and O–H groups in total. The van der Waals surface area contributed by atoms with Crippen LogP contribution in [0.1, 0.15) is 79.0 Å². The highest BCUT2D eigenvalue weighted by molar-refractivity contribution is 5.88. The molecule has 9 nitrogen and oxygen atoms in total. The van der Waals surface area contributed by atoms with Crippen molar-refractivity contribution in [3.63, 3.8) is 0 Å². The zero-order valence-corrected chi connectivity index (χ0v) is 25.6. The Bertz CT molecular complexity index is 1440. The smallest absolute Gasteiger partial charge is 0.410 e. The molecule has 0 radical (unpaired) electrons. The standard InChI is InChI=1S/C34H40N2O7/c1-22-18-24(42-30(22)31(37)40-5)20-36(23-12-10-11-17-35(19-23)32(38)43-34(2,3)4)33(39)41-21-29-27-15-8-6-13-25(27)26-14-7-9-16-28(26)29/h6-9,13-16,18,23,29H,10-12,17,19-21H2,1-5H3. The number of ether oxygens (including phenoxy) is 3. The number of esters is 1. The van der Waals surface area contributed by atoms with E-state index in [1.54, 1.807) is 22.8 Å². The largest absolute Gasteiger partial charge is 0.463 e. The minimum absolute atomic E-state index is 0.0708. The van der Waals surface area contributed by atoms with Crippen molar-refractivity contribution in [3.8, 4) is 11.1 Å². The van der Waals surface area contributed by atoms with Gasteiger partial charge in [0.05, 0.1) is 19.7 Å². The summed E-state index contributed by atoms with van der Waals surface area (Å²) in [6, 6.07) is 17.8. The molecule has 2 heterocycles. The Kier molecular flexibility index (Phi) is 8.80. The maximum absolute atomic E-state index is 14.0. The van der Waals surface area contributed by atoms with Gasteiger partial charge in [0.15, 0.2) is 0 Å². The van der Waals surface area contributed by atoms with E-state index in [2.05, 4.69) is 24.3 Å². The van der Waals surface area contributed by atoms with Crippen molar-refractivity contribution in [2.75, 3.05) is 26.8 Å². The summed E-state index contributed by atoms with van der Waals surface area (Å²) in [6.45, 7) is 8.33. The number of nitrogens with zero attached hydrogens (tertiary/aromatic N) is 2. The van der Waals surface area contributed by atoms with Crippen molar-refractivity contribution in [1.82, 2.24) is 9.80 Å². The second kappa shape index (κ2) is 12.5. The van der Waals surface area contributed by atoms with Crippen molar-refractivity contribution < 1.29 is 33.0 Å². The number of methoxy groups -OCH3 is 1. The van der Waals surface area contributed by atoms with Gasteiger partial charge in [-0.25, -0.2) is 14.4 Å². The summed E-state index contributed by atoms with van der Waals surface area (Å²) in [6.07, 6.45) is 1.37. The third-order valence-electron chi connectivity index (χ3n) is 7.98. The Morgan fingerprint density at radius 3 is 2.28 bits per heavy atom. The first-order valence-corrected chi connectivity index (χ1v) is 14.8. The molecule has 228 valence electrons. The summed E-state index contributed by atoms with van der Waals surface area (Å²) in [5.74, 6) is -0.148. The first-order valence-electron chi connectivity index (χ1n) is 14.8. The Morgan fingerprint density at radius 2 is 1.65 bits per heavy atom. The number of likely N-dealkylation sites (tertiary alicyclic amines) is 1. The van der Waals surface area contributed by atoms with Crippen LogP contribution in [0.5, 0.6) is 0 Å². The van der Waals surface area contributed by atoms with E-state index in [1.165, 1.54) is 7.11 Å². The highest BCUT2D eigenvalue weighted by atomic mass is 16.6. The van der Waals surface area contributed by atoms with Crippen LogP contribution in [0.2, 0.25) is 0 Å². The predicted molar refractivity (Wildman–Crippen MR) is 161 cm³/mol. The average molecular weight is 589 g/mol. The van der Waals surface area contributed by atoms with Crippen LogP contribution >= 0.6 is 0 Å². The summed E-state index contributed by atoms with van der Waals surface area (Å²) in [7, 11) is 1.30. The molecule has 9 heteroatoms. The Balaban J connectivity index is 1.40. The van der Waals surface area contributed by atoms with Gasteiger partial charge in [-0.3, -0.25) is 4.90 Å². The fourth-order valence-electron chi connectivity index (χ4n) is 5.98. The Morgan fingerprint density at radius 1 is 1.00 bits per heavy atom. The van der Waals surface area contributed by atoms with Gasteiger partial charge in [-0.1, -0.05) is 48.5 Å². The summed E-state index contributed by atoms with van der Waals surface area (Å²) < 4.78 is 22.4. The van der Waals surface area contributed by atoms with Crippen molar-refractivity contribution in [2.24, 2.45) is 0 Å². The Hall–Kier alpha value is -4.27. The summed E-state index contributed by atoms with van der Waals surface area (Å²) >= 11 is 0. The van der Waals surface area contributed by atoms with Crippen LogP contribution in [0, 0.1) is 6.92 Å². The molecule has 1 atom stereocenters. The van der Waals surface area contributed by atoms with E-state index in [9.17, 15) is 14.4 Å². The van der Waals surface area contributed by atoms with Gasteiger partial charge in [-0.15, -0.1) is 0 Å². The SMILES string of the molecule is COC(=O)c1oc(CN(C(=O)OCC2c3ccccc3-c3ccccc32)C2CCCCN(C(=O)OC(C)(C)C)C2)cc1C. The zero-order valence-electron chi connectivity index (χ0n) is 25.6. The van der Waals surface area contributed by atoms with Gasteiger partial charge < -0.3 is 23.5 Å². The third kappa shape index (κ3) is 6.71. The van der Waals surface area contributed by atoms with Crippen molar-refractivity contribution in [1.29, 1.82) is 0 Å². The van der Waals surface area contributed by atoms with Gasteiger partial charge in [-0.05, 0) is 75.3 Å². The predicted octanol–water partition coefficient (Wildman–Crippen LogP) is 6.92. The van der Waals surface area contributed by atoms with Gasteiger partial charge in [0, 0.05) is 24.6 Å². The van der Waals surface area contributed by atoms with Crippen molar-refractivity contribution in [2.45, 2.75) is 71.1 Å². The van der Waals surface area contributed by atoms with Crippen molar-refractivity contribution in [3.05, 3.63) is 82.8 Å². The van der Waals surface area contributed by atoms with Gasteiger partial charge in [0.1, 0.15) is 18.0 Å². The van der Waals surface area contributed by atoms with Gasteiger partial charge in [0.25, 0.3) is 0 Å². The van der Waals surface area contributed by atoms with Crippen LogP contribution in [-0.2, 0) is 20.8 Å². The molecule has 1 saturated heterocycles. The van der Waals surface area contributed by atoms with Gasteiger partial charge >= 0.3 is 18.2 Å². The minimum Gasteiger partial charge on any atom is -0.463 e. The average Bonchev–Trinajstić information content (AvgIpc) is 3.38. The van der Waals surface area contributed by atoms with E-state index in [-0.39, 0.29) is 30.9 Å². The number of hydrogen-bond donors (Lipinski definition) is 0. The lowest BCUT2D eigenvalue weighted by Gasteiger charge is -2.33. The lowest BCUT2D eigenvalue weighted by molar-refractivity contribution is 0.0183. The Labute approximate surface area is 252 Å². The van der Waals surface area contributed by atoms with Crippen LogP contribution in [0.4, 0.5) is 9.59 Å². The van der Waals surface area contributed by atoms with Gasteiger partial charge in [-0.2, -0.15) is 0 Å². The molecule has 1 unspecified atom stereocenters. The number of benzene rings is 2. The van der Waals surface area contributed by atoms with Crippen LogP contribution in [0.3, 0.4) is 0 Å². The van der Waals surface area contributed by atoms with E-state index in [0.717, 1.165) is 35.1 Å². The lowest BCUT2D eigenvalue weighted by Crippen LogP contribution is -2.48. The number of aryl methyl sites for hydroxylation is 1. The highest BCUT2D eigenvalue weighted by Gasteiger charge is 2.35. The molecule has 2 aliphatic rings. The number of carbonyl (C=O) groups excluding carboxylic acids is 3. The maximum atomic E-state index is 14.0. The van der Waals surface area contributed by atoms with Crippen LogP contribution in [0.25, 0.3) is 11.1 Å². The molecule has 1 fully saturated rings. The van der Waals surface area contributed by atoms with E-state index in [1.807, 2.05) is 45.0 Å². The number of fused-ring (bicyclic) bond motifs is 3. The molecule has 5 rings (SSSR count). The molecular formula is C34H40N2O7. The number of furan rings is 1. The van der Waals surface area contributed by atoms with E-state index in [0.29, 0.717) is 30.8 Å². The van der Waals surface area contributed by atoms with E-state index < -0.39 is 23.8 Å². The quantitative estimate of drug-likeness (QED) is 0.228. The molecule has 3 aromatic rings. The number of hydrogen-bond acceptors (Lipinski definition) is 7. The summed E-state index contributed by atoms with van der Waals surface area (Å²) in [5, 5.41) is 0. The first kappa shape index (κ1) is 30.2. The number of carbonyl (C=O) groups is 3. The molecule has 2 aromatic carbocycles. The second-order valence-corrected chi connectivity index (χ2v) is 12.2. The van der Waals surface area contributed by atoms with Crippen LogP contribution in [-0.4, -0.2) is 66.4 Å². The fourth-order valence-corrected chi connectivity index (χ4v) is 5.98. The fraction of sp³-hybridized carbons (Fsp3) is 0.441. The normalized spacial score (nSPS) is 16.6. The molecule has 0 saturated carbocycles. The monoisotopic (exact) mass is 588 g/mol.